The largest absolute Gasteiger partial charge is 0.361 e. The number of fused-ring (bicyclic) bond motifs is 2. The van der Waals surface area contributed by atoms with Gasteiger partial charge in [0, 0.05) is 29.6 Å². The van der Waals surface area contributed by atoms with Crippen molar-refractivity contribution in [2.24, 2.45) is 5.92 Å². The van der Waals surface area contributed by atoms with Gasteiger partial charge in [0.15, 0.2) is 0 Å². The fourth-order valence-corrected chi connectivity index (χ4v) is 4.98. The summed E-state index contributed by atoms with van der Waals surface area (Å²) in [5.41, 5.74) is 3.15. The summed E-state index contributed by atoms with van der Waals surface area (Å²) in [6.45, 7) is 2.13. The van der Waals surface area contributed by atoms with Gasteiger partial charge in [-0.15, -0.1) is 0 Å². The first-order chi connectivity index (χ1) is 17.2. The third kappa shape index (κ3) is 5.72. The van der Waals surface area contributed by atoms with Crippen LogP contribution in [0.3, 0.4) is 0 Å². The third-order valence-corrected chi connectivity index (χ3v) is 6.92. The second-order valence-electron chi connectivity index (χ2n) is 9.46. The maximum atomic E-state index is 13.0. The Morgan fingerprint density at radius 2 is 1.71 bits per heavy atom. The Bertz CT molecular complexity index is 1320. The van der Waals surface area contributed by atoms with Crippen LogP contribution in [0.15, 0.2) is 72.9 Å². The van der Waals surface area contributed by atoms with Crippen molar-refractivity contribution in [1.29, 1.82) is 0 Å². The molecule has 0 radical (unpaired) electrons. The first-order valence-corrected chi connectivity index (χ1v) is 12.5. The maximum Gasteiger partial charge on any atom is 0.224 e. The van der Waals surface area contributed by atoms with Gasteiger partial charge in [-0.25, -0.2) is 0 Å². The fraction of sp³-hybridized carbons (Fsp3) is 0.310. The van der Waals surface area contributed by atoms with Crippen molar-refractivity contribution in [2.45, 2.75) is 31.7 Å². The zero-order valence-electron chi connectivity index (χ0n) is 19.8. The molecule has 1 saturated heterocycles. The summed E-state index contributed by atoms with van der Waals surface area (Å²) in [6.07, 6.45) is 4.56. The molecule has 4 N–H and O–H groups in total. The predicted octanol–water partition coefficient (Wildman–Crippen LogP) is 3.71. The number of aromatic nitrogens is 1. The van der Waals surface area contributed by atoms with E-state index >= 15 is 0 Å². The number of amides is 2. The lowest BCUT2D eigenvalue weighted by Gasteiger charge is -2.26. The highest BCUT2D eigenvalue weighted by Crippen LogP contribution is 2.19. The molecule has 6 heteroatoms. The standard InChI is InChI=1S/C29H32N4O2/c34-28(17-24-18-31-27-8-4-3-7-26(24)27)32-19-25(33-29(35)22-11-13-30-14-12-22)16-20-9-10-21-5-1-2-6-23(21)15-20/h1-10,15,18,22,25,30-31H,11-14,16-17,19H2,(H,32,34)(H,33,35). The third-order valence-electron chi connectivity index (χ3n) is 6.92. The van der Waals surface area contributed by atoms with Gasteiger partial charge in [-0.2, -0.15) is 0 Å². The van der Waals surface area contributed by atoms with Gasteiger partial charge in [-0.05, 0) is 60.3 Å². The number of hydrogen-bond donors (Lipinski definition) is 4. The highest BCUT2D eigenvalue weighted by molar-refractivity contribution is 5.89. The number of para-hydroxylation sites is 1. The molecule has 1 aliphatic heterocycles. The Kier molecular flexibility index (Phi) is 7.09. The summed E-state index contributed by atoms with van der Waals surface area (Å²) in [5.74, 6) is 0.0647. The smallest absolute Gasteiger partial charge is 0.224 e. The van der Waals surface area contributed by atoms with E-state index in [9.17, 15) is 9.59 Å². The molecule has 1 atom stereocenters. The predicted molar refractivity (Wildman–Crippen MR) is 140 cm³/mol. The molecule has 0 saturated carbocycles. The summed E-state index contributed by atoms with van der Waals surface area (Å²) in [6, 6.07) is 22.5. The molecule has 180 valence electrons. The van der Waals surface area contributed by atoms with Crippen molar-refractivity contribution in [3.05, 3.63) is 84.1 Å². The number of benzene rings is 3. The molecule has 6 nitrogen and oxygen atoms in total. The lowest BCUT2D eigenvalue weighted by Crippen LogP contribution is -2.48. The van der Waals surface area contributed by atoms with Crippen molar-refractivity contribution in [3.8, 4) is 0 Å². The molecule has 5 rings (SSSR count). The number of H-pyrrole nitrogens is 1. The van der Waals surface area contributed by atoms with Crippen molar-refractivity contribution in [2.75, 3.05) is 19.6 Å². The SMILES string of the molecule is O=C(Cc1c[nH]c2ccccc12)NCC(Cc1ccc2ccccc2c1)NC(=O)C1CCNCC1. The molecule has 35 heavy (non-hydrogen) atoms. The molecule has 0 spiro atoms. The van der Waals surface area contributed by atoms with E-state index in [4.69, 9.17) is 0 Å². The summed E-state index contributed by atoms with van der Waals surface area (Å²) < 4.78 is 0. The van der Waals surface area contributed by atoms with E-state index in [1.165, 1.54) is 10.8 Å². The molecular formula is C29H32N4O2. The summed E-state index contributed by atoms with van der Waals surface area (Å²) in [4.78, 5) is 29.1. The Hall–Kier alpha value is -3.64. The van der Waals surface area contributed by atoms with Crippen LogP contribution in [0.4, 0.5) is 0 Å². The Morgan fingerprint density at radius 3 is 2.57 bits per heavy atom. The van der Waals surface area contributed by atoms with E-state index in [-0.39, 0.29) is 23.8 Å². The molecule has 2 heterocycles. The lowest BCUT2D eigenvalue weighted by atomic mass is 9.96. The summed E-state index contributed by atoms with van der Waals surface area (Å²) in [5, 5.41) is 13.1. The van der Waals surface area contributed by atoms with Crippen molar-refractivity contribution in [3.63, 3.8) is 0 Å². The molecule has 0 aliphatic carbocycles. The van der Waals surface area contributed by atoms with E-state index in [1.54, 1.807) is 0 Å². The van der Waals surface area contributed by atoms with Gasteiger partial charge >= 0.3 is 0 Å². The van der Waals surface area contributed by atoms with E-state index < -0.39 is 0 Å². The monoisotopic (exact) mass is 468 g/mol. The Labute approximate surface area is 205 Å². The second kappa shape index (κ2) is 10.7. The average Bonchev–Trinajstić information content (AvgIpc) is 3.30. The number of nitrogens with one attached hydrogen (secondary N) is 4. The van der Waals surface area contributed by atoms with Crippen molar-refractivity contribution < 1.29 is 9.59 Å². The molecule has 1 aromatic heterocycles. The minimum atomic E-state index is -0.175. The highest BCUT2D eigenvalue weighted by atomic mass is 16.2. The van der Waals surface area contributed by atoms with Crippen LogP contribution < -0.4 is 16.0 Å². The number of piperidine rings is 1. The minimum absolute atomic E-state index is 0.0253. The average molecular weight is 469 g/mol. The van der Waals surface area contributed by atoms with Crippen LogP contribution in [-0.4, -0.2) is 42.5 Å². The number of rotatable bonds is 8. The lowest BCUT2D eigenvalue weighted by molar-refractivity contribution is -0.127. The van der Waals surface area contributed by atoms with Gasteiger partial charge in [-0.1, -0.05) is 60.7 Å². The van der Waals surface area contributed by atoms with Gasteiger partial charge in [0.2, 0.25) is 11.8 Å². The van der Waals surface area contributed by atoms with Gasteiger partial charge in [0.1, 0.15) is 0 Å². The van der Waals surface area contributed by atoms with E-state index in [1.807, 2.05) is 42.6 Å². The van der Waals surface area contributed by atoms with Gasteiger partial charge < -0.3 is 20.9 Å². The highest BCUT2D eigenvalue weighted by Gasteiger charge is 2.24. The summed E-state index contributed by atoms with van der Waals surface area (Å²) >= 11 is 0. The molecule has 3 aromatic carbocycles. The zero-order chi connectivity index (χ0) is 24.0. The van der Waals surface area contributed by atoms with Crippen LogP contribution in [0.1, 0.15) is 24.0 Å². The quantitative estimate of drug-likeness (QED) is 0.318. The van der Waals surface area contributed by atoms with Crippen molar-refractivity contribution >= 4 is 33.5 Å². The van der Waals surface area contributed by atoms with Gasteiger partial charge in [0.05, 0.1) is 12.5 Å². The fourth-order valence-electron chi connectivity index (χ4n) is 4.98. The molecule has 1 unspecified atom stereocenters. The normalized spacial score (nSPS) is 15.2. The molecule has 1 aliphatic rings. The minimum Gasteiger partial charge on any atom is -0.361 e. The first-order valence-electron chi connectivity index (χ1n) is 12.5. The number of aromatic amines is 1. The molecule has 2 amide bonds. The van der Waals surface area contributed by atoms with Crippen LogP contribution in [0.5, 0.6) is 0 Å². The van der Waals surface area contributed by atoms with Crippen LogP contribution in [0.2, 0.25) is 0 Å². The molecule has 1 fully saturated rings. The maximum absolute atomic E-state index is 13.0. The number of hydrogen-bond acceptors (Lipinski definition) is 3. The van der Waals surface area contributed by atoms with Crippen LogP contribution in [0.25, 0.3) is 21.7 Å². The van der Waals surface area contributed by atoms with E-state index in [0.29, 0.717) is 19.4 Å². The zero-order valence-corrected chi connectivity index (χ0v) is 19.8. The molecule has 4 aromatic rings. The van der Waals surface area contributed by atoms with Gasteiger partial charge in [0.25, 0.3) is 0 Å². The number of carbonyl (C=O) groups is 2. The molecule has 0 bridgehead atoms. The Morgan fingerprint density at radius 1 is 0.943 bits per heavy atom. The van der Waals surface area contributed by atoms with Crippen LogP contribution >= 0.6 is 0 Å². The molecular weight excluding hydrogens is 436 g/mol. The van der Waals surface area contributed by atoms with E-state index in [2.05, 4.69) is 51.3 Å². The second-order valence-corrected chi connectivity index (χ2v) is 9.46. The first kappa shape index (κ1) is 23.1. The van der Waals surface area contributed by atoms with Crippen molar-refractivity contribution in [1.82, 2.24) is 20.9 Å². The van der Waals surface area contributed by atoms with E-state index in [0.717, 1.165) is 48.0 Å². The Balaban J connectivity index is 1.26. The summed E-state index contributed by atoms with van der Waals surface area (Å²) in [7, 11) is 0. The van der Waals surface area contributed by atoms with Crippen LogP contribution in [0, 0.1) is 5.92 Å². The topological polar surface area (TPSA) is 86.0 Å². The number of carbonyl (C=O) groups excluding carboxylic acids is 2. The van der Waals surface area contributed by atoms with Crippen LogP contribution in [-0.2, 0) is 22.4 Å². The van der Waals surface area contributed by atoms with Gasteiger partial charge in [-0.3, -0.25) is 9.59 Å².